The number of morpholine rings is 1. The van der Waals surface area contributed by atoms with Crippen LogP contribution in [0.5, 0.6) is 11.5 Å². The Kier molecular flexibility index (Phi) is 3.66. The van der Waals surface area contributed by atoms with Gasteiger partial charge in [0.25, 0.3) is 0 Å². The first-order valence-electron chi connectivity index (χ1n) is 8.11. The molecule has 22 heavy (non-hydrogen) atoms. The summed E-state index contributed by atoms with van der Waals surface area (Å²) in [7, 11) is 0. The quantitative estimate of drug-likeness (QED) is 0.835. The van der Waals surface area contributed by atoms with Gasteiger partial charge in [0.1, 0.15) is 13.2 Å². The van der Waals surface area contributed by atoms with Crippen molar-refractivity contribution in [3.05, 3.63) is 23.8 Å². The Morgan fingerprint density at radius 1 is 1.14 bits per heavy atom. The van der Waals surface area contributed by atoms with E-state index in [2.05, 4.69) is 0 Å². The molecule has 0 N–H and O–H groups in total. The van der Waals surface area contributed by atoms with Crippen LogP contribution in [0.4, 0.5) is 0 Å². The summed E-state index contributed by atoms with van der Waals surface area (Å²) in [6.45, 7) is 2.53. The van der Waals surface area contributed by atoms with Crippen molar-refractivity contribution in [2.45, 2.75) is 37.8 Å². The fraction of sp³-hybridized carbons (Fsp3) is 0.588. The maximum absolute atomic E-state index is 12.7. The second kappa shape index (κ2) is 5.80. The lowest BCUT2D eigenvalue weighted by Gasteiger charge is -2.37. The third-order valence-electron chi connectivity index (χ3n) is 4.76. The van der Waals surface area contributed by atoms with Gasteiger partial charge in [-0.25, -0.2) is 0 Å². The van der Waals surface area contributed by atoms with Gasteiger partial charge in [0.2, 0.25) is 5.91 Å². The van der Waals surface area contributed by atoms with E-state index in [0.29, 0.717) is 32.8 Å². The van der Waals surface area contributed by atoms with Crippen molar-refractivity contribution in [2.75, 3.05) is 26.4 Å². The molecule has 4 rings (SSSR count). The number of benzene rings is 1. The molecule has 0 bridgehead atoms. The van der Waals surface area contributed by atoms with Gasteiger partial charge in [-0.05, 0) is 37.0 Å². The van der Waals surface area contributed by atoms with Gasteiger partial charge < -0.3 is 19.1 Å². The molecule has 1 saturated carbocycles. The minimum absolute atomic E-state index is 0.192. The van der Waals surface area contributed by atoms with Gasteiger partial charge in [-0.3, -0.25) is 4.79 Å². The van der Waals surface area contributed by atoms with E-state index in [0.717, 1.165) is 36.3 Å². The standard InChI is InChI=1S/C17H21NO4/c19-17(18-6-7-20-14-3-1-2-13(14)18)11-12-4-5-15-16(10-12)22-9-8-21-15/h4-5,10,13-14H,1-3,6-9,11H2. The number of hydrogen-bond donors (Lipinski definition) is 0. The molecule has 2 fully saturated rings. The van der Waals surface area contributed by atoms with Crippen LogP contribution in [0, 0.1) is 0 Å². The zero-order valence-corrected chi connectivity index (χ0v) is 12.6. The summed E-state index contributed by atoms with van der Waals surface area (Å²) >= 11 is 0. The second-order valence-corrected chi connectivity index (χ2v) is 6.15. The Morgan fingerprint density at radius 3 is 2.91 bits per heavy atom. The van der Waals surface area contributed by atoms with Gasteiger partial charge in [-0.1, -0.05) is 6.07 Å². The van der Waals surface area contributed by atoms with E-state index in [1.807, 2.05) is 23.1 Å². The van der Waals surface area contributed by atoms with Gasteiger partial charge in [-0.15, -0.1) is 0 Å². The van der Waals surface area contributed by atoms with Crippen LogP contribution in [0.1, 0.15) is 24.8 Å². The minimum Gasteiger partial charge on any atom is -0.486 e. The number of rotatable bonds is 2. The normalized spacial score (nSPS) is 26.6. The number of carbonyl (C=O) groups excluding carboxylic acids is 1. The lowest BCUT2D eigenvalue weighted by Crippen LogP contribution is -2.51. The SMILES string of the molecule is O=C(Cc1ccc2c(c1)OCCO2)N1CCOC2CCCC21. The fourth-order valence-corrected chi connectivity index (χ4v) is 3.71. The molecule has 1 aliphatic carbocycles. The second-order valence-electron chi connectivity index (χ2n) is 6.15. The van der Waals surface area contributed by atoms with Crippen LogP contribution < -0.4 is 9.47 Å². The van der Waals surface area contributed by atoms with Gasteiger partial charge in [-0.2, -0.15) is 0 Å². The number of carbonyl (C=O) groups is 1. The summed E-state index contributed by atoms with van der Waals surface area (Å²) < 4.78 is 16.9. The average Bonchev–Trinajstić information content (AvgIpc) is 3.03. The first-order chi connectivity index (χ1) is 10.8. The molecular formula is C17H21NO4. The summed E-state index contributed by atoms with van der Waals surface area (Å²) in [5.74, 6) is 1.71. The Labute approximate surface area is 130 Å². The molecule has 0 aromatic heterocycles. The molecule has 1 aromatic carbocycles. The van der Waals surface area contributed by atoms with Crippen LogP contribution in [0.3, 0.4) is 0 Å². The van der Waals surface area contributed by atoms with Crippen molar-refractivity contribution in [1.82, 2.24) is 4.90 Å². The van der Waals surface area contributed by atoms with Gasteiger partial charge in [0, 0.05) is 6.54 Å². The van der Waals surface area contributed by atoms with Gasteiger partial charge in [0.15, 0.2) is 11.5 Å². The number of nitrogens with zero attached hydrogens (tertiary/aromatic N) is 1. The van der Waals surface area contributed by atoms with Crippen molar-refractivity contribution in [2.24, 2.45) is 0 Å². The summed E-state index contributed by atoms with van der Waals surface area (Å²) in [5, 5.41) is 0. The highest BCUT2D eigenvalue weighted by Crippen LogP contribution is 2.32. The topological polar surface area (TPSA) is 48.0 Å². The van der Waals surface area contributed by atoms with E-state index in [1.165, 1.54) is 0 Å². The largest absolute Gasteiger partial charge is 0.486 e. The van der Waals surface area contributed by atoms with Crippen molar-refractivity contribution in [1.29, 1.82) is 0 Å². The van der Waals surface area contributed by atoms with E-state index in [9.17, 15) is 4.79 Å². The molecule has 5 nitrogen and oxygen atoms in total. The fourth-order valence-electron chi connectivity index (χ4n) is 3.71. The van der Waals surface area contributed by atoms with Crippen LogP contribution in [0.25, 0.3) is 0 Å². The number of fused-ring (bicyclic) bond motifs is 2. The monoisotopic (exact) mass is 303 g/mol. The zero-order chi connectivity index (χ0) is 14.9. The van der Waals surface area contributed by atoms with Crippen LogP contribution in [-0.2, 0) is 16.0 Å². The molecule has 2 atom stereocenters. The summed E-state index contributed by atoms with van der Waals surface area (Å²) in [6, 6.07) is 6.06. The van der Waals surface area contributed by atoms with E-state index in [4.69, 9.17) is 14.2 Å². The van der Waals surface area contributed by atoms with Gasteiger partial charge in [0.05, 0.1) is 25.2 Å². The highest BCUT2D eigenvalue weighted by Gasteiger charge is 2.38. The minimum atomic E-state index is 0.192. The number of hydrogen-bond acceptors (Lipinski definition) is 4. The molecule has 3 aliphatic rings. The summed E-state index contributed by atoms with van der Waals surface area (Å²) in [4.78, 5) is 14.7. The molecule has 0 spiro atoms. The summed E-state index contributed by atoms with van der Waals surface area (Å²) in [5.41, 5.74) is 0.982. The molecule has 2 unspecified atom stereocenters. The Morgan fingerprint density at radius 2 is 2.00 bits per heavy atom. The van der Waals surface area contributed by atoms with Crippen molar-refractivity contribution < 1.29 is 19.0 Å². The van der Waals surface area contributed by atoms with E-state index in [-0.39, 0.29) is 18.1 Å². The first kappa shape index (κ1) is 13.9. The van der Waals surface area contributed by atoms with Crippen molar-refractivity contribution >= 4 is 5.91 Å². The Bertz CT molecular complexity index is 574. The maximum atomic E-state index is 12.7. The van der Waals surface area contributed by atoms with E-state index >= 15 is 0 Å². The smallest absolute Gasteiger partial charge is 0.227 e. The predicted octanol–water partition coefficient (Wildman–Crippen LogP) is 1.78. The van der Waals surface area contributed by atoms with E-state index in [1.54, 1.807) is 0 Å². The predicted molar refractivity (Wildman–Crippen MR) is 80.2 cm³/mol. The zero-order valence-electron chi connectivity index (χ0n) is 12.6. The average molecular weight is 303 g/mol. The van der Waals surface area contributed by atoms with Crippen LogP contribution >= 0.6 is 0 Å². The van der Waals surface area contributed by atoms with Crippen LogP contribution in [-0.4, -0.2) is 49.3 Å². The first-order valence-corrected chi connectivity index (χ1v) is 8.11. The number of ether oxygens (including phenoxy) is 3. The third kappa shape index (κ3) is 2.54. The summed E-state index contributed by atoms with van der Waals surface area (Å²) in [6.07, 6.45) is 3.97. The Hall–Kier alpha value is -1.75. The highest BCUT2D eigenvalue weighted by molar-refractivity contribution is 5.79. The van der Waals surface area contributed by atoms with Gasteiger partial charge >= 0.3 is 0 Å². The molecule has 2 aliphatic heterocycles. The lowest BCUT2D eigenvalue weighted by atomic mass is 10.1. The molecular weight excluding hydrogens is 282 g/mol. The molecule has 2 heterocycles. The lowest BCUT2D eigenvalue weighted by molar-refractivity contribution is -0.143. The highest BCUT2D eigenvalue weighted by atomic mass is 16.6. The molecule has 1 amide bonds. The Balaban J connectivity index is 1.47. The van der Waals surface area contributed by atoms with Crippen LogP contribution in [0.15, 0.2) is 18.2 Å². The van der Waals surface area contributed by atoms with Crippen molar-refractivity contribution in [3.8, 4) is 11.5 Å². The van der Waals surface area contributed by atoms with Crippen LogP contribution in [0.2, 0.25) is 0 Å². The molecule has 5 heteroatoms. The third-order valence-corrected chi connectivity index (χ3v) is 4.76. The van der Waals surface area contributed by atoms with E-state index < -0.39 is 0 Å². The van der Waals surface area contributed by atoms with Crippen molar-refractivity contribution in [3.63, 3.8) is 0 Å². The molecule has 1 saturated heterocycles. The number of amides is 1. The maximum Gasteiger partial charge on any atom is 0.227 e. The molecule has 118 valence electrons. The molecule has 1 aromatic rings. The molecule has 0 radical (unpaired) electrons.